The van der Waals surface area contributed by atoms with Gasteiger partial charge in [-0.3, -0.25) is 25.1 Å². The Morgan fingerprint density at radius 1 is 1.20 bits per heavy atom. The highest BCUT2D eigenvalue weighted by Gasteiger charge is 2.34. The number of ether oxygens (including phenoxy) is 2. The largest absolute Gasteiger partial charge is 0.490 e. The van der Waals surface area contributed by atoms with Gasteiger partial charge in [-0.15, -0.1) is 0 Å². The molecule has 4 rings (SSSR count). The minimum atomic E-state index is -0.557. The molecule has 0 aliphatic carbocycles. The lowest BCUT2D eigenvalue weighted by Crippen LogP contribution is -2.44. The van der Waals surface area contributed by atoms with E-state index >= 15 is 0 Å². The van der Waals surface area contributed by atoms with E-state index in [2.05, 4.69) is 21.4 Å². The van der Waals surface area contributed by atoms with Crippen LogP contribution in [0, 0.1) is 17.0 Å². The van der Waals surface area contributed by atoms with Crippen molar-refractivity contribution < 1.29 is 24.0 Å². The van der Waals surface area contributed by atoms with Crippen molar-refractivity contribution in [1.82, 2.24) is 10.4 Å². The zero-order valence-corrected chi connectivity index (χ0v) is 25.1. The molecule has 1 fully saturated rings. The van der Waals surface area contributed by atoms with Gasteiger partial charge in [0.2, 0.25) is 0 Å². The summed E-state index contributed by atoms with van der Waals surface area (Å²) in [6.45, 7) is 4.20. The summed E-state index contributed by atoms with van der Waals surface area (Å²) in [7, 11) is 0. The van der Waals surface area contributed by atoms with Crippen LogP contribution in [0.25, 0.3) is 6.08 Å². The number of nitro groups is 1. The quantitative estimate of drug-likeness (QED) is 0.115. The van der Waals surface area contributed by atoms with E-state index in [9.17, 15) is 19.7 Å². The first-order valence-electron chi connectivity index (χ1n) is 11.7. The van der Waals surface area contributed by atoms with Gasteiger partial charge in [0.1, 0.15) is 6.61 Å². The number of thioether (sulfide) groups is 1. The molecule has 1 aliphatic rings. The molecule has 0 bridgehead atoms. The average molecular weight is 663 g/mol. The highest BCUT2D eigenvalue weighted by molar-refractivity contribution is 9.10. The number of hydrogen-bond donors (Lipinski definition) is 1. The molecular weight excluding hydrogens is 642 g/mol. The molecule has 0 aromatic heterocycles. The first-order chi connectivity index (χ1) is 19.1. The van der Waals surface area contributed by atoms with Crippen LogP contribution >= 0.6 is 51.5 Å². The van der Waals surface area contributed by atoms with Crippen LogP contribution in [0.4, 0.5) is 5.69 Å². The highest BCUT2D eigenvalue weighted by atomic mass is 79.9. The van der Waals surface area contributed by atoms with Crippen LogP contribution in [0.15, 0.2) is 64.0 Å². The number of benzene rings is 3. The highest BCUT2D eigenvalue weighted by Crippen LogP contribution is 2.39. The summed E-state index contributed by atoms with van der Waals surface area (Å²) in [4.78, 5) is 36.6. The standard InChI is InChI=1S/C27H21BrClN3O6S2/c1-3-37-22-12-17(11-20(28)24(22)38-14-16-5-7-18(8-6-16)32(35)36)13-23-26(34)31(27(39)40-23)30-25(33)19-9-4-15(2)10-21(19)29/h4-13H,3,14H2,1-2H3,(H,30,33)/b23-13+. The smallest absolute Gasteiger partial charge is 0.285 e. The van der Waals surface area contributed by atoms with Crippen LogP contribution in [-0.2, 0) is 11.4 Å². The number of thiocarbonyl (C=S) groups is 1. The van der Waals surface area contributed by atoms with Gasteiger partial charge in [-0.05, 0) is 101 Å². The summed E-state index contributed by atoms with van der Waals surface area (Å²) in [5, 5.41) is 12.2. The lowest BCUT2D eigenvalue weighted by Gasteiger charge is -2.16. The fourth-order valence-electron chi connectivity index (χ4n) is 3.63. The van der Waals surface area contributed by atoms with Crippen molar-refractivity contribution in [3.05, 3.63) is 101 Å². The predicted molar refractivity (Wildman–Crippen MR) is 161 cm³/mol. The zero-order chi connectivity index (χ0) is 29.0. The minimum absolute atomic E-state index is 0.00628. The number of hydrogen-bond acceptors (Lipinski definition) is 8. The second-order valence-corrected chi connectivity index (χ2v) is 11.4. The first-order valence-corrected chi connectivity index (χ1v) is 14.1. The Balaban J connectivity index is 1.52. The third kappa shape index (κ3) is 6.81. The monoisotopic (exact) mass is 661 g/mol. The summed E-state index contributed by atoms with van der Waals surface area (Å²) in [6.07, 6.45) is 1.64. The van der Waals surface area contributed by atoms with Crippen LogP contribution in [0.2, 0.25) is 5.02 Å². The van der Waals surface area contributed by atoms with Crippen molar-refractivity contribution in [3.63, 3.8) is 0 Å². The molecule has 40 heavy (non-hydrogen) atoms. The van der Waals surface area contributed by atoms with Crippen molar-refractivity contribution in [2.75, 3.05) is 6.61 Å². The van der Waals surface area contributed by atoms with E-state index in [0.717, 1.165) is 27.9 Å². The van der Waals surface area contributed by atoms with Gasteiger partial charge in [0.05, 0.1) is 31.5 Å². The first kappa shape index (κ1) is 29.5. The predicted octanol–water partition coefficient (Wildman–Crippen LogP) is 6.84. The molecule has 13 heteroatoms. The van der Waals surface area contributed by atoms with Crippen LogP contribution in [0.1, 0.15) is 34.0 Å². The van der Waals surface area contributed by atoms with E-state index in [1.807, 2.05) is 13.8 Å². The Morgan fingerprint density at radius 2 is 1.93 bits per heavy atom. The van der Waals surface area contributed by atoms with E-state index in [-0.39, 0.29) is 27.2 Å². The molecule has 1 N–H and O–H groups in total. The number of amides is 2. The molecule has 3 aromatic carbocycles. The molecule has 1 saturated heterocycles. The number of rotatable bonds is 9. The molecule has 9 nitrogen and oxygen atoms in total. The topological polar surface area (TPSA) is 111 Å². The summed E-state index contributed by atoms with van der Waals surface area (Å²) in [5.41, 5.74) is 5.01. The fraction of sp³-hybridized carbons (Fsp3) is 0.148. The van der Waals surface area contributed by atoms with E-state index in [1.165, 1.54) is 12.1 Å². The summed E-state index contributed by atoms with van der Waals surface area (Å²) in [5.74, 6) is -0.174. The van der Waals surface area contributed by atoms with Crippen molar-refractivity contribution in [2.24, 2.45) is 0 Å². The number of nitrogens with one attached hydrogen (secondary N) is 1. The molecule has 0 atom stereocenters. The van der Waals surface area contributed by atoms with Gasteiger partial charge in [0.15, 0.2) is 15.8 Å². The molecule has 206 valence electrons. The normalized spacial score (nSPS) is 14.0. The number of carbonyl (C=O) groups is 2. The van der Waals surface area contributed by atoms with Crippen LogP contribution < -0.4 is 14.9 Å². The zero-order valence-electron chi connectivity index (χ0n) is 21.1. The van der Waals surface area contributed by atoms with Crippen molar-refractivity contribution >= 4 is 79.4 Å². The van der Waals surface area contributed by atoms with Crippen LogP contribution in [0.3, 0.4) is 0 Å². The lowest BCUT2D eigenvalue weighted by molar-refractivity contribution is -0.384. The second-order valence-electron chi connectivity index (χ2n) is 8.42. The maximum atomic E-state index is 13.1. The lowest BCUT2D eigenvalue weighted by atomic mass is 10.1. The Labute approximate surface area is 252 Å². The number of nitrogens with zero attached hydrogens (tertiary/aromatic N) is 2. The molecule has 1 aliphatic heterocycles. The number of hydrazine groups is 1. The van der Waals surface area contributed by atoms with E-state index in [4.69, 9.17) is 33.3 Å². The Bertz CT molecular complexity index is 1550. The van der Waals surface area contributed by atoms with E-state index in [1.54, 1.807) is 48.5 Å². The van der Waals surface area contributed by atoms with Gasteiger partial charge in [0, 0.05) is 12.1 Å². The molecule has 3 aromatic rings. The Kier molecular flexibility index (Phi) is 9.46. The van der Waals surface area contributed by atoms with Gasteiger partial charge >= 0.3 is 0 Å². The molecule has 0 spiro atoms. The van der Waals surface area contributed by atoms with Crippen molar-refractivity contribution in [2.45, 2.75) is 20.5 Å². The average Bonchev–Trinajstić information content (AvgIpc) is 3.15. The number of non-ortho nitro benzene ring substituents is 1. The Hall–Kier alpha value is -3.45. The van der Waals surface area contributed by atoms with Gasteiger partial charge in [-0.25, -0.2) is 0 Å². The minimum Gasteiger partial charge on any atom is -0.490 e. The third-order valence-electron chi connectivity index (χ3n) is 5.54. The fourth-order valence-corrected chi connectivity index (χ4v) is 5.70. The van der Waals surface area contributed by atoms with Gasteiger partial charge in [-0.2, -0.15) is 5.01 Å². The molecule has 0 saturated carbocycles. The second kappa shape index (κ2) is 12.8. The van der Waals surface area contributed by atoms with Crippen molar-refractivity contribution in [1.29, 1.82) is 0 Å². The summed E-state index contributed by atoms with van der Waals surface area (Å²) >= 11 is 16.1. The molecule has 0 radical (unpaired) electrons. The SMILES string of the molecule is CCOc1cc(/C=C2/SC(=S)N(NC(=O)c3ccc(C)cc3Cl)C2=O)cc(Br)c1OCc1ccc([N+](=O)[O-])cc1. The van der Waals surface area contributed by atoms with Crippen molar-refractivity contribution in [3.8, 4) is 11.5 Å². The number of nitro benzene ring substituents is 1. The van der Waals surface area contributed by atoms with E-state index in [0.29, 0.717) is 33.0 Å². The maximum absolute atomic E-state index is 13.1. The molecule has 0 unspecified atom stereocenters. The number of halogens is 2. The van der Waals surface area contributed by atoms with Crippen LogP contribution in [-0.4, -0.2) is 32.7 Å². The van der Waals surface area contributed by atoms with Gasteiger partial charge in [-0.1, -0.05) is 29.4 Å². The van der Waals surface area contributed by atoms with Crippen LogP contribution in [0.5, 0.6) is 11.5 Å². The summed E-state index contributed by atoms with van der Waals surface area (Å²) in [6, 6.07) is 14.5. The molecule has 2 amide bonds. The molecular formula is C27H21BrClN3O6S2. The van der Waals surface area contributed by atoms with Gasteiger partial charge < -0.3 is 9.47 Å². The van der Waals surface area contributed by atoms with Gasteiger partial charge in [0.25, 0.3) is 17.5 Å². The summed E-state index contributed by atoms with van der Waals surface area (Å²) < 4.78 is 12.5. The third-order valence-corrected chi connectivity index (χ3v) is 7.74. The Morgan fingerprint density at radius 3 is 2.58 bits per heavy atom. The molecule has 1 heterocycles. The van der Waals surface area contributed by atoms with E-state index < -0.39 is 16.7 Å². The number of carbonyl (C=O) groups excluding carboxylic acids is 2. The maximum Gasteiger partial charge on any atom is 0.285 e. The number of aryl methyl sites for hydroxylation is 1.